The summed E-state index contributed by atoms with van der Waals surface area (Å²) in [4.78, 5) is 41.9. The van der Waals surface area contributed by atoms with Gasteiger partial charge in [-0.05, 0) is 24.6 Å². The van der Waals surface area contributed by atoms with E-state index in [0.29, 0.717) is 22.8 Å². The second-order valence-electron chi connectivity index (χ2n) is 6.29. The highest BCUT2D eigenvalue weighted by Gasteiger charge is 2.36. The summed E-state index contributed by atoms with van der Waals surface area (Å²) in [7, 11) is 0. The Morgan fingerprint density at radius 2 is 2.07 bits per heavy atom. The van der Waals surface area contributed by atoms with Crippen LogP contribution in [0.15, 0.2) is 51.7 Å². The first-order chi connectivity index (χ1) is 13.5. The van der Waals surface area contributed by atoms with Gasteiger partial charge in [0.05, 0.1) is 17.1 Å². The van der Waals surface area contributed by atoms with E-state index in [1.165, 1.54) is 6.08 Å². The molecule has 144 valence electrons. The zero-order chi connectivity index (χ0) is 19.8. The first-order valence-corrected chi connectivity index (χ1v) is 8.51. The van der Waals surface area contributed by atoms with Gasteiger partial charge in [0.25, 0.3) is 5.56 Å². The first kappa shape index (κ1) is 17.7. The molecular weight excluding hydrogens is 366 g/mol. The van der Waals surface area contributed by atoms with Crippen molar-refractivity contribution in [2.24, 2.45) is 0 Å². The SMILES string of the molecule is C=CCOC(=O)C1=C(C)Nc2[nH]c(=O)[nH]c(=O)c2[C@@H]1c1ccc2c(c1)OCO2. The third kappa shape index (κ3) is 2.86. The standard InChI is InChI=1S/C19H17N3O6/c1-3-6-26-18(24)13-9(2)20-16-15(17(23)22-19(25)21-16)14(13)10-4-5-11-12(7-10)28-8-27-11/h3-5,7,14H,1,6,8H2,2H3,(H3,20,21,22,23,25)/t14-/m1/s1. The summed E-state index contributed by atoms with van der Waals surface area (Å²) in [5, 5.41) is 2.92. The minimum absolute atomic E-state index is 0.0261. The van der Waals surface area contributed by atoms with Gasteiger partial charge in [-0.1, -0.05) is 18.7 Å². The Hall–Kier alpha value is -3.75. The molecule has 0 saturated heterocycles. The molecule has 28 heavy (non-hydrogen) atoms. The molecule has 2 aliphatic heterocycles. The molecule has 0 saturated carbocycles. The first-order valence-electron chi connectivity index (χ1n) is 8.51. The fraction of sp³-hybridized carbons (Fsp3) is 0.211. The van der Waals surface area contributed by atoms with Gasteiger partial charge in [-0.3, -0.25) is 14.8 Å². The van der Waals surface area contributed by atoms with E-state index >= 15 is 0 Å². The van der Waals surface area contributed by atoms with Gasteiger partial charge in [0.1, 0.15) is 12.4 Å². The number of aromatic amines is 2. The van der Waals surface area contributed by atoms with E-state index in [4.69, 9.17) is 14.2 Å². The number of anilines is 1. The number of benzene rings is 1. The van der Waals surface area contributed by atoms with E-state index in [9.17, 15) is 14.4 Å². The second-order valence-corrected chi connectivity index (χ2v) is 6.29. The Morgan fingerprint density at radius 3 is 2.86 bits per heavy atom. The van der Waals surface area contributed by atoms with Crippen LogP contribution >= 0.6 is 0 Å². The fourth-order valence-electron chi connectivity index (χ4n) is 3.40. The Kier molecular flexibility index (Phi) is 4.26. The molecule has 2 aliphatic rings. The van der Waals surface area contributed by atoms with Crippen LogP contribution in [0.2, 0.25) is 0 Å². The van der Waals surface area contributed by atoms with Crippen molar-refractivity contribution in [1.82, 2.24) is 9.97 Å². The zero-order valence-electron chi connectivity index (χ0n) is 15.0. The van der Waals surface area contributed by atoms with E-state index in [2.05, 4.69) is 21.9 Å². The largest absolute Gasteiger partial charge is 0.458 e. The summed E-state index contributed by atoms with van der Waals surface area (Å²) in [6, 6.07) is 5.16. The number of allylic oxidation sites excluding steroid dienone is 1. The highest BCUT2D eigenvalue weighted by Crippen LogP contribution is 2.42. The highest BCUT2D eigenvalue weighted by atomic mass is 16.7. The number of carbonyl (C=O) groups is 1. The molecule has 9 nitrogen and oxygen atoms in total. The Labute approximate surface area is 158 Å². The smallest absolute Gasteiger partial charge is 0.337 e. The molecule has 3 N–H and O–H groups in total. The average Bonchev–Trinajstić information content (AvgIpc) is 3.12. The molecule has 0 fully saturated rings. The predicted molar refractivity (Wildman–Crippen MR) is 99.6 cm³/mol. The third-order valence-electron chi connectivity index (χ3n) is 4.56. The maximum Gasteiger partial charge on any atom is 0.337 e. The lowest BCUT2D eigenvalue weighted by molar-refractivity contribution is -0.138. The molecule has 1 atom stereocenters. The molecule has 0 bridgehead atoms. The van der Waals surface area contributed by atoms with Gasteiger partial charge in [-0.15, -0.1) is 0 Å². The zero-order valence-corrected chi connectivity index (χ0v) is 15.0. The number of rotatable bonds is 4. The molecule has 0 radical (unpaired) electrons. The number of ether oxygens (including phenoxy) is 3. The lowest BCUT2D eigenvalue weighted by atomic mass is 9.82. The van der Waals surface area contributed by atoms with Gasteiger partial charge in [-0.25, -0.2) is 9.59 Å². The maximum absolute atomic E-state index is 12.8. The summed E-state index contributed by atoms with van der Waals surface area (Å²) in [5.41, 5.74) is 0.293. The van der Waals surface area contributed by atoms with Crippen LogP contribution in [0.1, 0.15) is 24.0 Å². The number of fused-ring (bicyclic) bond motifs is 2. The van der Waals surface area contributed by atoms with Crippen molar-refractivity contribution in [3.63, 3.8) is 0 Å². The predicted octanol–water partition coefficient (Wildman–Crippen LogP) is 1.35. The van der Waals surface area contributed by atoms with Gasteiger partial charge in [0.2, 0.25) is 6.79 Å². The van der Waals surface area contributed by atoms with Crippen molar-refractivity contribution in [1.29, 1.82) is 0 Å². The van der Waals surface area contributed by atoms with Gasteiger partial charge in [-0.2, -0.15) is 0 Å². The molecule has 4 rings (SSSR count). The van der Waals surface area contributed by atoms with Crippen molar-refractivity contribution in [3.8, 4) is 11.5 Å². The van der Waals surface area contributed by atoms with Crippen molar-refractivity contribution >= 4 is 11.8 Å². The number of hydrogen-bond donors (Lipinski definition) is 3. The molecule has 3 heterocycles. The van der Waals surface area contributed by atoms with Crippen molar-refractivity contribution in [2.75, 3.05) is 18.7 Å². The minimum Gasteiger partial charge on any atom is -0.458 e. The minimum atomic E-state index is -0.774. The molecule has 9 heteroatoms. The highest BCUT2D eigenvalue weighted by molar-refractivity contribution is 5.94. The van der Waals surface area contributed by atoms with E-state index in [-0.39, 0.29) is 30.4 Å². The number of carbonyl (C=O) groups excluding carboxylic acids is 1. The van der Waals surface area contributed by atoms with Gasteiger partial charge in [0, 0.05) is 5.70 Å². The lowest BCUT2D eigenvalue weighted by Crippen LogP contribution is -2.35. The molecular formula is C19H17N3O6. The number of H-pyrrole nitrogens is 2. The van der Waals surface area contributed by atoms with E-state index in [1.807, 2.05) is 0 Å². The van der Waals surface area contributed by atoms with Gasteiger partial charge >= 0.3 is 11.7 Å². The normalized spacial score (nSPS) is 17.0. The maximum atomic E-state index is 12.8. The summed E-state index contributed by atoms with van der Waals surface area (Å²) >= 11 is 0. The van der Waals surface area contributed by atoms with E-state index in [0.717, 1.165) is 0 Å². The monoisotopic (exact) mass is 383 g/mol. The van der Waals surface area contributed by atoms with Crippen LogP contribution in [-0.2, 0) is 9.53 Å². The molecule has 0 aliphatic carbocycles. The van der Waals surface area contributed by atoms with Crippen LogP contribution < -0.4 is 26.0 Å². The number of nitrogens with one attached hydrogen (secondary N) is 3. The molecule has 2 aromatic rings. The van der Waals surface area contributed by atoms with Gasteiger partial charge < -0.3 is 19.5 Å². The summed E-state index contributed by atoms with van der Waals surface area (Å²) in [5.74, 6) is -0.0543. The third-order valence-corrected chi connectivity index (χ3v) is 4.56. The Morgan fingerprint density at radius 1 is 1.29 bits per heavy atom. The van der Waals surface area contributed by atoms with Crippen molar-refractivity contribution in [2.45, 2.75) is 12.8 Å². The molecule has 0 spiro atoms. The quantitative estimate of drug-likeness (QED) is 0.538. The lowest BCUT2D eigenvalue weighted by Gasteiger charge is -2.28. The fourth-order valence-corrected chi connectivity index (χ4v) is 3.40. The van der Waals surface area contributed by atoms with Crippen LogP contribution in [0, 0.1) is 0 Å². The average molecular weight is 383 g/mol. The van der Waals surface area contributed by atoms with Crippen LogP contribution in [0.5, 0.6) is 11.5 Å². The van der Waals surface area contributed by atoms with E-state index in [1.54, 1.807) is 25.1 Å². The van der Waals surface area contributed by atoms with Crippen molar-refractivity contribution < 1.29 is 19.0 Å². The van der Waals surface area contributed by atoms with Crippen LogP contribution in [0.25, 0.3) is 0 Å². The van der Waals surface area contributed by atoms with Gasteiger partial charge in [0.15, 0.2) is 11.5 Å². The number of hydrogen-bond acceptors (Lipinski definition) is 7. The molecule has 1 aromatic heterocycles. The molecule has 0 unspecified atom stereocenters. The number of aromatic nitrogens is 2. The van der Waals surface area contributed by atoms with Crippen LogP contribution in [0.4, 0.5) is 5.82 Å². The molecule has 0 amide bonds. The number of esters is 1. The summed E-state index contributed by atoms with van der Waals surface area (Å²) in [6.07, 6.45) is 1.46. The summed E-state index contributed by atoms with van der Waals surface area (Å²) < 4.78 is 16.0. The van der Waals surface area contributed by atoms with E-state index < -0.39 is 23.1 Å². The van der Waals surface area contributed by atoms with Crippen molar-refractivity contribution in [3.05, 3.63) is 74.1 Å². The Balaban J connectivity index is 1.92. The summed E-state index contributed by atoms with van der Waals surface area (Å²) in [6.45, 7) is 5.33. The van der Waals surface area contributed by atoms with Crippen LogP contribution in [-0.4, -0.2) is 29.3 Å². The second kappa shape index (κ2) is 6.76. The topological polar surface area (TPSA) is 123 Å². The van der Waals surface area contributed by atoms with Crippen LogP contribution in [0.3, 0.4) is 0 Å². The Bertz CT molecular complexity index is 1130. The molecule has 1 aromatic carbocycles.